The van der Waals surface area contributed by atoms with Crippen LogP contribution in [0.4, 0.5) is 8.78 Å². The molecule has 0 saturated carbocycles. The van der Waals surface area contributed by atoms with Gasteiger partial charge in [-0.15, -0.1) is 0 Å². The summed E-state index contributed by atoms with van der Waals surface area (Å²) in [6.07, 6.45) is 3.22. The molecule has 3 rings (SSSR count). The normalized spacial score (nSPS) is 11.0. The number of rotatable bonds is 3. The van der Waals surface area contributed by atoms with Gasteiger partial charge >= 0.3 is 0 Å². The molecule has 106 valence electrons. The SMILES string of the molecule is NC(=S)Cn1c(-c2ccncc2)nc2cc(F)c(F)cc21. The van der Waals surface area contributed by atoms with Crippen molar-refractivity contribution in [2.24, 2.45) is 5.73 Å². The van der Waals surface area contributed by atoms with Crippen molar-refractivity contribution in [3.05, 3.63) is 48.3 Å². The fraction of sp³-hybridized carbons (Fsp3) is 0.0714. The Morgan fingerprint density at radius 1 is 1.19 bits per heavy atom. The maximum absolute atomic E-state index is 13.5. The number of fused-ring (bicyclic) bond motifs is 1. The van der Waals surface area contributed by atoms with Crippen LogP contribution in [0, 0.1) is 11.6 Å². The first kappa shape index (κ1) is 13.6. The predicted octanol–water partition coefficient (Wildman–Crippen LogP) is 2.66. The molecule has 0 aliphatic rings. The molecule has 0 bridgehead atoms. The number of nitrogens with zero attached hydrogens (tertiary/aromatic N) is 3. The van der Waals surface area contributed by atoms with Crippen molar-refractivity contribution in [3.8, 4) is 11.4 Å². The molecule has 0 radical (unpaired) electrons. The molecule has 2 N–H and O–H groups in total. The summed E-state index contributed by atoms with van der Waals surface area (Å²) in [4.78, 5) is 8.52. The van der Waals surface area contributed by atoms with Gasteiger partial charge in [0.1, 0.15) is 5.82 Å². The summed E-state index contributed by atoms with van der Waals surface area (Å²) < 4.78 is 28.5. The Morgan fingerprint density at radius 2 is 1.86 bits per heavy atom. The van der Waals surface area contributed by atoms with E-state index < -0.39 is 11.6 Å². The van der Waals surface area contributed by atoms with E-state index in [9.17, 15) is 8.78 Å². The molecule has 4 nitrogen and oxygen atoms in total. The van der Waals surface area contributed by atoms with Gasteiger partial charge in [-0.2, -0.15) is 0 Å². The minimum atomic E-state index is -0.941. The van der Waals surface area contributed by atoms with Crippen LogP contribution < -0.4 is 5.73 Å². The molecular weight excluding hydrogens is 294 g/mol. The van der Waals surface area contributed by atoms with Crippen molar-refractivity contribution < 1.29 is 8.78 Å². The fourth-order valence-electron chi connectivity index (χ4n) is 2.16. The number of thiocarbonyl (C=S) groups is 1. The van der Waals surface area contributed by atoms with Gasteiger partial charge in [-0.05, 0) is 12.1 Å². The second-order valence-electron chi connectivity index (χ2n) is 4.48. The standard InChI is InChI=1S/C14H10F2N4S/c15-9-5-11-12(6-10(9)16)20(7-13(17)21)14(19-11)8-1-3-18-4-2-8/h1-6H,7H2,(H2,17,21). The van der Waals surface area contributed by atoms with Gasteiger partial charge in [0.2, 0.25) is 0 Å². The van der Waals surface area contributed by atoms with Crippen molar-refractivity contribution >= 4 is 28.2 Å². The van der Waals surface area contributed by atoms with E-state index in [0.717, 1.165) is 17.7 Å². The van der Waals surface area contributed by atoms with E-state index in [-0.39, 0.29) is 11.5 Å². The van der Waals surface area contributed by atoms with E-state index in [2.05, 4.69) is 9.97 Å². The number of hydrogen-bond acceptors (Lipinski definition) is 3. The third-order valence-corrected chi connectivity index (χ3v) is 3.17. The Balaban J connectivity index is 2.30. The van der Waals surface area contributed by atoms with Gasteiger partial charge in [0, 0.05) is 30.1 Å². The first-order valence-corrected chi connectivity index (χ1v) is 6.51. The lowest BCUT2D eigenvalue weighted by atomic mass is 10.2. The van der Waals surface area contributed by atoms with Gasteiger partial charge in [-0.25, -0.2) is 13.8 Å². The lowest BCUT2D eigenvalue weighted by molar-refractivity contribution is 0.510. The topological polar surface area (TPSA) is 56.7 Å². The predicted molar refractivity (Wildman–Crippen MR) is 79.7 cm³/mol. The number of aromatic nitrogens is 3. The molecule has 0 fully saturated rings. The number of pyridine rings is 1. The van der Waals surface area contributed by atoms with Crippen LogP contribution in [0.1, 0.15) is 0 Å². The third-order valence-electron chi connectivity index (χ3n) is 3.04. The molecule has 2 heterocycles. The molecule has 0 atom stereocenters. The summed E-state index contributed by atoms with van der Waals surface area (Å²) in [5.41, 5.74) is 7.14. The van der Waals surface area contributed by atoms with Gasteiger partial charge < -0.3 is 10.3 Å². The molecule has 0 aliphatic carbocycles. The van der Waals surface area contributed by atoms with Crippen LogP contribution in [0.5, 0.6) is 0 Å². The lowest BCUT2D eigenvalue weighted by Crippen LogP contribution is -2.17. The fourth-order valence-corrected chi connectivity index (χ4v) is 2.29. The van der Waals surface area contributed by atoms with Crippen LogP contribution in [-0.2, 0) is 6.54 Å². The first-order valence-electron chi connectivity index (χ1n) is 6.10. The Hall–Kier alpha value is -2.41. The van der Waals surface area contributed by atoms with E-state index in [4.69, 9.17) is 18.0 Å². The smallest absolute Gasteiger partial charge is 0.161 e. The highest BCUT2D eigenvalue weighted by Crippen LogP contribution is 2.26. The molecular formula is C14H10F2N4S. The molecule has 21 heavy (non-hydrogen) atoms. The number of nitrogens with two attached hydrogens (primary N) is 1. The number of halogens is 2. The number of benzene rings is 1. The third kappa shape index (κ3) is 2.47. The average molecular weight is 304 g/mol. The van der Waals surface area contributed by atoms with Gasteiger partial charge in [0.25, 0.3) is 0 Å². The largest absolute Gasteiger partial charge is 0.392 e. The minimum Gasteiger partial charge on any atom is -0.392 e. The Bertz CT molecular complexity index is 830. The van der Waals surface area contributed by atoms with Crippen LogP contribution >= 0.6 is 12.2 Å². The molecule has 0 aliphatic heterocycles. The van der Waals surface area contributed by atoms with E-state index in [1.165, 1.54) is 0 Å². The van der Waals surface area contributed by atoms with Gasteiger partial charge in [0.05, 0.1) is 22.6 Å². The zero-order valence-corrected chi connectivity index (χ0v) is 11.6. The molecule has 3 aromatic rings. The zero-order chi connectivity index (χ0) is 15.0. The van der Waals surface area contributed by atoms with Gasteiger partial charge in [-0.1, -0.05) is 12.2 Å². The van der Waals surface area contributed by atoms with Crippen LogP contribution in [0.3, 0.4) is 0 Å². The monoisotopic (exact) mass is 304 g/mol. The van der Waals surface area contributed by atoms with E-state index >= 15 is 0 Å². The summed E-state index contributed by atoms with van der Waals surface area (Å²) in [5.74, 6) is -1.35. The molecule has 0 saturated heterocycles. The van der Waals surface area contributed by atoms with Gasteiger partial charge in [0.15, 0.2) is 11.6 Å². The van der Waals surface area contributed by atoms with Crippen LogP contribution in [-0.4, -0.2) is 19.5 Å². The maximum atomic E-state index is 13.5. The molecule has 0 spiro atoms. The second-order valence-corrected chi connectivity index (χ2v) is 5.00. The summed E-state index contributed by atoms with van der Waals surface area (Å²) in [6.45, 7) is 0.189. The van der Waals surface area contributed by atoms with Crippen LogP contribution in [0.2, 0.25) is 0 Å². The Kier molecular flexibility index (Phi) is 3.34. The Labute approximate surface area is 124 Å². The summed E-state index contributed by atoms with van der Waals surface area (Å²) in [6, 6.07) is 5.67. The van der Waals surface area contributed by atoms with E-state index in [1.54, 1.807) is 29.1 Å². The summed E-state index contributed by atoms with van der Waals surface area (Å²) in [7, 11) is 0. The zero-order valence-electron chi connectivity index (χ0n) is 10.8. The second kappa shape index (κ2) is 5.17. The molecule has 0 amide bonds. The highest BCUT2D eigenvalue weighted by molar-refractivity contribution is 7.80. The molecule has 0 unspecified atom stereocenters. The highest BCUT2D eigenvalue weighted by atomic mass is 32.1. The molecule has 7 heteroatoms. The van der Waals surface area contributed by atoms with Crippen molar-refractivity contribution in [1.29, 1.82) is 0 Å². The van der Waals surface area contributed by atoms with E-state index in [1.807, 2.05) is 0 Å². The molecule has 2 aromatic heterocycles. The summed E-state index contributed by atoms with van der Waals surface area (Å²) in [5, 5.41) is 0. The van der Waals surface area contributed by atoms with Crippen molar-refractivity contribution in [1.82, 2.24) is 14.5 Å². The number of imidazole rings is 1. The maximum Gasteiger partial charge on any atom is 0.161 e. The summed E-state index contributed by atoms with van der Waals surface area (Å²) >= 11 is 4.92. The van der Waals surface area contributed by atoms with Gasteiger partial charge in [-0.3, -0.25) is 4.98 Å². The minimum absolute atomic E-state index is 0.189. The van der Waals surface area contributed by atoms with Crippen molar-refractivity contribution in [3.63, 3.8) is 0 Å². The number of hydrogen-bond donors (Lipinski definition) is 1. The quantitative estimate of drug-likeness (QED) is 0.756. The molecule has 1 aromatic carbocycles. The average Bonchev–Trinajstić information content (AvgIpc) is 2.78. The first-order chi connectivity index (χ1) is 10.1. The van der Waals surface area contributed by atoms with Crippen LogP contribution in [0.25, 0.3) is 22.4 Å². The van der Waals surface area contributed by atoms with E-state index in [0.29, 0.717) is 16.9 Å². The van der Waals surface area contributed by atoms with Crippen molar-refractivity contribution in [2.75, 3.05) is 0 Å². The van der Waals surface area contributed by atoms with Crippen molar-refractivity contribution in [2.45, 2.75) is 6.54 Å². The van der Waals surface area contributed by atoms with Crippen LogP contribution in [0.15, 0.2) is 36.7 Å². The highest BCUT2D eigenvalue weighted by Gasteiger charge is 2.16. The Morgan fingerprint density at radius 3 is 2.52 bits per heavy atom. The lowest BCUT2D eigenvalue weighted by Gasteiger charge is -2.08.